The summed E-state index contributed by atoms with van der Waals surface area (Å²) in [5.41, 5.74) is 3.74. The Balaban J connectivity index is 2.06. The molecule has 2 rings (SSSR count). The lowest BCUT2D eigenvalue weighted by Crippen LogP contribution is -2.11. The molecule has 19 heavy (non-hydrogen) atoms. The van der Waals surface area contributed by atoms with Gasteiger partial charge in [-0.15, -0.1) is 0 Å². The largest absolute Gasteiger partial charge is 0.377 e. The van der Waals surface area contributed by atoms with Crippen molar-refractivity contribution in [3.05, 3.63) is 47.8 Å². The van der Waals surface area contributed by atoms with Crippen LogP contribution in [0, 0.1) is 0 Å². The van der Waals surface area contributed by atoms with E-state index < -0.39 is 0 Å². The van der Waals surface area contributed by atoms with Crippen LogP contribution < -0.4 is 5.32 Å². The molecule has 1 N–H and O–H groups in total. The highest BCUT2D eigenvalue weighted by molar-refractivity contribution is 5.46. The third-order valence-electron chi connectivity index (χ3n) is 3.78. The minimum absolute atomic E-state index is 0.252. The number of benzene rings is 1. The lowest BCUT2D eigenvalue weighted by atomic mass is 9.98. The number of aryl methyl sites for hydroxylation is 1. The Hall–Kier alpha value is -1.77. The van der Waals surface area contributed by atoms with E-state index in [4.69, 9.17) is 0 Å². The summed E-state index contributed by atoms with van der Waals surface area (Å²) < 4.78 is 1.91. The van der Waals surface area contributed by atoms with E-state index in [1.165, 1.54) is 17.7 Å². The third kappa shape index (κ3) is 3.16. The summed E-state index contributed by atoms with van der Waals surface area (Å²) in [6.45, 7) is 6.64. The van der Waals surface area contributed by atoms with Crippen LogP contribution in [0.1, 0.15) is 50.4 Å². The molecule has 0 aliphatic carbocycles. The van der Waals surface area contributed by atoms with Crippen molar-refractivity contribution in [2.75, 3.05) is 5.32 Å². The first-order valence-electron chi connectivity index (χ1n) is 6.96. The number of nitrogens with one attached hydrogen (secondary N) is 1. The maximum atomic E-state index is 4.20. The minimum Gasteiger partial charge on any atom is -0.377 e. The van der Waals surface area contributed by atoms with Gasteiger partial charge in [0, 0.05) is 18.9 Å². The summed E-state index contributed by atoms with van der Waals surface area (Å²) in [4.78, 5) is 0. The van der Waals surface area contributed by atoms with E-state index in [0.29, 0.717) is 5.92 Å². The lowest BCUT2D eigenvalue weighted by Gasteiger charge is -2.16. The van der Waals surface area contributed by atoms with Crippen molar-refractivity contribution in [3.63, 3.8) is 0 Å². The van der Waals surface area contributed by atoms with Gasteiger partial charge >= 0.3 is 0 Å². The number of hydrogen-bond acceptors (Lipinski definition) is 2. The van der Waals surface area contributed by atoms with Gasteiger partial charge in [-0.2, -0.15) is 5.10 Å². The van der Waals surface area contributed by atoms with Crippen LogP contribution in [0.5, 0.6) is 0 Å². The number of rotatable bonds is 5. The van der Waals surface area contributed by atoms with Crippen LogP contribution in [0.4, 0.5) is 5.69 Å². The van der Waals surface area contributed by atoms with E-state index in [1.54, 1.807) is 0 Å². The Morgan fingerprint density at radius 3 is 2.37 bits per heavy atom. The molecular formula is C16H23N3. The monoisotopic (exact) mass is 257 g/mol. The van der Waals surface area contributed by atoms with Crippen LogP contribution in [0.3, 0.4) is 0 Å². The molecule has 3 nitrogen and oxygen atoms in total. The van der Waals surface area contributed by atoms with Crippen LogP contribution in [-0.2, 0) is 7.05 Å². The SMILES string of the molecule is CCC(C)c1ccc(NC(C)c2ccnn2C)cc1. The van der Waals surface area contributed by atoms with E-state index in [-0.39, 0.29) is 6.04 Å². The van der Waals surface area contributed by atoms with Gasteiger partial charge in [-0.25, -0.2) is 0 Å². The highest BCUT2D eigenvalue weighted by Gasteiger charge is 2.09. The first-order valence-corrected chi connectivity index (χ1v) is 6.96. The molecule has 0 radical (unpaired) electrons. The number of aromatic nitrogens is 2. The number of nitrogens with zero attached hydrogens (tertiary/aromatic N) is 2. The molecule has 0 aliphatic rings. The zero-order chi connectivity index (χ0) is 13.8. The summed E-state index contributed by atoms with van der Waals surface area (Å²) in [5.74, 6) is 0.628. The zero-order valence-electron chi connectivity index (χ0n) is 12.2. The molecule has 0 aliphatic heterocycles. The summed E-state index contributed by atoms with van der Waals surface area (Å²) >= 11 is 0. The van der Waals surface area contributed by atoms with E-state index in [2.05, 4.69) is 55.5 Å². The van der Waals surface area contributed by atoms with Crippen LogP contribution in [0.15, 0.2) is 36.5 Å². The second-order valence-electron chi connectivity index (χ2n) is 5.18. The predicted molar refractivity (Wildman–Crippen MR) is 80.4 cm³/mol. The van der Waals surface area contributed by atoms with Crippen molar-refractivity contribution in [2.45, 2.75) is 39.2 Å². The Bertz CT molecular complexity index is 513. The molecule has 1 aromatic carbocycles. The van der Waals surface area contributed by atoms with Gasteiger partial charge in [0.2, 0.25) is 0 Å². The molecule has 0 saturated heterocycles. The second kappa shape index (κ2) is 5.91. The van der Waals surface area contributed by atoms with Crippen LogP contribution in [-0.4, -0.2) is 9.78 Å². The second-order valence-corrected chi connectivity index (χ2v) is 5.18. The third-order valence-corrected chi connectivity index (χ3v) is 3.78. The molecule has 0 amide bonds. The molecule has 102 valence electrons. The first kappa shape index (κ1) is 13.7. The van der Waals surface area contributed by atoms with Crippen molar-refractivity contribution >= 4 is 5.69 Å². The Labute approximate surface area is 115 Å². The molecular weight excluding hydrogens is 234 g/mol. The number of hydrogen-bond donors (Lipinski definition) is 1. The standard InChI is InChI=1S/C16H23N3/c1-5-12(2)14-6-8-15(9-7-14)18-13(3)16-10-11-17-19(16)4/h6-13,18H,5H2,1-4H3. The summed E-state index contributed by atoms with van der Waals surface area (Å²) in [7, 11) is 1.97. The smallest absolute Gasteiger partial charge is 0.0653 e. The van der Waals surface area contributed by atoms with Gasteiger partial charge in [0.1, 0.15) is 0 Å². The summed E-state index contributed by atoms with van der Waals surface area (Å²) in [6, 6.07) is 11.1. The molecule has 0 saturated carbocycles. The average Bonchev–Trinajstić information content (AvgIpc) is 2.85. The quantitative estimate of drug-likeness (QED) is 0.873. The summed E-state index contributed by atoms with van der Waals surface area (Å²) in [5, 5.41) is 7.71. The van der Waals surface area contributed by atoms with Gasteiger partial charge in [0.05, 0.1) is 11.7 Å². The topological polar surface area (TPSA) is 29.9 Å². The van der Waals surface area contributed by atoms with Gasteiger partial charge < -0.3 is 5.32 Å². The average molecular weight is 257 g/mol. The van der Waals surface area contributed by atoms with Crippen molar-refractivity contribution in [2.24, 2.45) is 7.05 Å². The lowest BCUT2D eigenvalue weighted by molar-refractivity contribution is 0.675. The Morgan fingerprint density at radius 1 is 1.16 bits per heavy atom. The van der Waals surface area contributed by atoms with Gasteiger partial charge in [-0.3, -0.25) is 4.68 Å². The summed E-state index contributed by atoms with van der Waals surface area (Å²) in [6.07, 6.45) is 3.01. The maximum Gasteiger partial charge on any atom is 0.0653 e. The Morgan fingerprint density at radius 2 is 1.84 bits per heavy atom. The fraction of sp³-hybridized carbons (Fsp3) is 0.438. The van der Waals surface area contributed by atoms with Crippen molar-refractivity contribution in [1.82, 2.24) is 9.78 Å². The number of anilines is 1. The molecule has 1 aromatic heterocycles. The normalized spacial score (nSPS) is 14.1. The molecule has 1 heterocycles. The first-order chi connectivity index (χ1) is 9.11. The van der Waals surface area contributed by atoms with Crippen LogP contribution in [0.25, 0.3) is 0 Å². The molecule has 3 heteroatoms. The fourth-order valence-electron chi connectivity index (χ4n) is 2.28. The fourth-order valence-corrected chi connectivity index (χ4v) is 2.28. The van der Waals surface area contributed by atoms with E-state index in [0.717, 1.165) is 5.69 Å². The van der Waals surface area contributed by atoms with E-state index in [9.17, 15) is 0 Å². The van der Waals surface area contributed by atoms with E-state index in [1.807, 2.05) is 24.0 Å². The van der Waals surface area contributed by atoms with Gasteiger partial charge in [0.15, 0.2) is 0 Å². The zero-order valence-corrected chi connectivity index (χ0v) is 12.2. The van der Waals surface area contributed by atoms with Crippen molar-refractivity contribution in [1.29, 1.82) is 0 Å². The molecule has 0 bridgehead atoms. The molecule has 0 spiro atoms. The highest BCUT2D eigenvalue weighted by Crippen LogP contribution is 2.23. The minimum atomic E-state index is 0.252. The van der Waals surface area contributed by atoms with Gasteiger partial charge in [0.25, 0.3) is 0 Å². The van der Waals surface area contributed by atoms with E-state index >= 15 is 0 Å². The molecule has 2 unspecified atom stereocenters. The molecule has 0 fully saturated rings. The maximum absolute atomic E-state index is 4.20. The molecule has 2 aromatic rings. The van der Waals surface area contributed by atoms with Gasteiger partial charge in [-0.05, 0) is 43.0 Å². The predicted octanol–water partition coefficient (Wildman–Crippen LogP) is 4.11. The molecule has 2 atom stereocenters. The van der Waals surface area contributed by atoms with Crippen LogP contribution >= 0.6 is 0 Å². The highest BCUT2D eigenvalue weighted by atomic mass is 15.3. The van der Waals surface area contributed by atoms with Crippen molar-refractivity contribution < 1.29 is 0 Å². The van der Waals surface area contributed by atoms with Crippen LogP contribution in [0.2, 0.25) is 0 Å². The van der Waals surface area contributed by atoms with Gasteiger partial charge in [-0.1, -0.05) is 26.0 Å². The Kier molecular flexibility index (Phi) is 4.25. The van der Waals surface area contributed by atoms with Crippen molar-refractivity contribution in [3.8, 4) is 0 Å².